The highest BCUT2D eigenvalue weighted by Crippen LogP contribution is 2.29. The highest BCUT2D eigenvalue weighted by molar-refractivity contribution is 6.11. The second kappa shape index (κ2) is 7.39. The van der Waals surface area contributed by atoms with E-state index in [-0.39, 0.29) is 18.4 Å². The zero-order chi connectivity index (χ0) is 18.7. The van der Waals surface area contributed by atoms with Crippen molar-refractivity contribution in [3.8, 4) is 11.5 Å². The average molecular weight is 352 g/mol. The molecule has 2 amide bonds. The number of benzene rings is 1. The lowest BCUT2D eigenvalue weighted by molar-refractivity contribution is -0.119. The number of fused-ring (bicyclic) bond motifs is 1. The van der Waals surface area contributed by atoms with Gasteiger partial charge in [-0.25, -0.2) is 4.99 Å². The van der Waals surface area contributed by atoms with Gasteiger partial charge in [-0.1, -0.05) is 11.6 Å². The van der Waals surface area contributed by atoms with Gasteiger partial charge in [-0.2, -0.15) is 0 Å². The smallest absolute Gasteiger partial charge is 0.284 e. The van der Waals surface area contributed by atoms with Crippen LogP contribution in [0, 0.1) is 5.92 Å². The number of hydrogen-bond donors (Lipinski definition) is 1. The zero-order valence-electron chi connectivity index (χ0n) is 14.9. The molecule has 0 saturated carbocycles. The van der Waals surface area contributed by atoms with Crippen LogP contribution in [0.4, 0.5) is 0 Å². The largest absolute Gasteiger partial charge is 0.497 e. The Morgan fingerprint density at radius 2 is 1.88 bits per heavy atom. The normalized spacial score (nSPS) is 20.4. The zero-order valence-corrected chi connectivity index (χ0v) is 14.9. The Labute approximate surface area is 151 Å². The van der Waals surface area contributed by atoms with Gasteiger partial charge in [0.2, 0.25) is 0 Å². The molecule has 2 aliphatic rings. The van der Waals surface area contributed by atoms with Gasteiger partial charge in [0, 0.05) is 17.2 Å². The first-order valence-electron chi connectivity index (χ1n) is 8.25. The predicted octanol–water partition coefficient (Wildman–Crippen LogP) is 2.58. The fraction of sp³-hybridized carbons (Fsp3) is 0.250. The van der Waals surface area contributed by atoms with Crippen LogP contribution >= 0.6 is 0 Å². The van der Waals surface area contributed by atoms with E-state index in [1.165, 1.54) is 0 Å². The Kier molecular flexibility index (Phi) is 5.02. The fourth-order valence-corrected chi connectivity index (χ4v) is 2.79. The highest BCUT2D eigenvalue weighted by atomic mass is 16.5. The molecule has 0 aromatic heterocycles. The lowest BCUT2D eigenvalue weighted by atomic mass is 9.85. The van der Waals surface area contributed by atoms with Crippen LogP contribution in [0.25, 0.3) is 0 Å². The number of carbonyl (C=O) groups excluding carboxylic acids is 2. The number of methoxy groups -OCH3 is 1. The maximum Gasteiger partial charge on any atom is 0.284 e. The van der Waals surface area contributed by atoms with Gasteiger partial charge >= 0.3 is 0 Å². The molecule has 134 valence electrons. The van der Waals surface area contributed by atoms with E-state index in [9.17, 15) is 9.59 Å². The Morgan fingerprint density at radius 1 is 1.19 bits per heavy atom. The van der Waals surface area contributed by atoms with E-state index in [1.807, 2.05) is 13.0 Å². The number of aliphatic imine (C=N–C) groups is 1. The first kappa shape index (κ1) is 17.7. The third-order valence-electron chi connectivity index (χ3n) is 4.43. The molecule has 1 aliphatic heterocycles. The van der Waals surface area contributed by atoms with Crippen molar-refractivity contribution in [1.29, 1.82) is 0 Å². The van der Waals surface area contributed by atoms with Crippen LogP contribution < -0.4 is 14.8 Å². The van der Waals surface area contributed by atoms with E-state index >= 15 is 0 Å². The quantitative estimate of drug-likeness (QED) is 0.903. The van der Waals surface area contributed by atoms with E-state index in [4.69, 9.17) is 9.47 Å². The monoisotopic (exact) mass is 352 g/mol. The third kappa shape index (κ3) is 3.74. The van der Waals surface area contributed by atoms with Crippen LogP contribution in [-0.4, -0.2) is 31.2 Å². The van der Waals surface area contributed by atoms with E-state index < -0.39 is 5.91 Å². The molecular weight excluding hydrogens is 332 g/mol. The lowest BCUT2D eigenvalue weighted by Gasteiger charge is -2.28. The van der Waals surface area contributed by atoms with Crippen LogP contribution in [0.2, 0.25) is 0 Å². The Bertz CT molecular complexity index is 860. The first-order chi connectivity index (χ1) is 12.5. The van der Waals surface area contributed by atoms with Crippen molar-refractivity contribution in [3.63, 3.8) is 0 Å². The van der Waals surface area contributed by atoms with Crippen LogP contribution in [0.5, 0.6) is 11.5 Å². The molecule has 6 nitrogen and oxygen atoms in total. The molecule has 0 saturated heterocycles. The Morgan fingerprint density at radius 3 is 2.58 bits per heavy atom. The van der Waals surface area contributed by atoms with Gasteiger partial charge in [0.05, 0.1) is 12.8 Å². The second-order valence-electron chi connectivity index (χ2n) is 6.09. The number of rotatable bonds is 4. The number of hydrogen-bond acceptors (Lipinski definition) is 4. The number of nitrogens with zero attached hydrogens (tertiary/aromatic N) is 1. The fourth-order valence-electron chi connectivity index (χ4n) is 2.79. The predicted molar refractivity (Wildman–Crippen MR) is 98.2 cm³/mol. The molecule has 1 heterocycles. The number of carbonyl (C=O) groups is 2. The minimum absolute atomic E-state index is 0.0253. The summed E-state index contributed by atoms with van der Waals surface area (Å²) in [6.07, 6.45) is 5.45. The number of allylic oxidation sites excluding steroid dienone is 3. The van der Waals surface area contributed by atoms with E-state index in [0.717, 1.165) is 16.8 Å². The number of amides is 2. The number of nitrogens with one attached hydrogen (secondary N) is 1. The molecule has 0 spiro atoms. The summed E-state index contributed by atoms with van der Waals surface area (Å²) in [4.78, 5) is 28.0. The van der Waals surface area contributed by atoms with Crippen LogP contribution in [-0.2, 0) is 9.59 Å². The molecule has 3 rings (SSSR count). The third-order valence-corrected chi connectivity index (χ3v) is 4.43. The summed E-state index contributed by atoms with van der Waals surface area (Å²) in [7, 11) is 1.58. The van der Waals surface area contributed by atoms with Crippen molar-refractivity contribution in [1.82, 2.24) is 5.32 Å². The van der Waals surface area contributed by atoms with Crippen molar-refractivity contribution >= 4 is 17.5 Å². The molecule has 1 aromatic rings. The first-order valence-corrected chi connectivity index (χ1v) is 8.25. The Hall–Kier alpha value is -3.15. The summed E-state index contributed by atoms with van der Waals surface area (Å²) in [6, 6.07) is 6.95. The molecular formula is C20H20N2O4. The molecule has 0 fully saturated rings. The molecule has 1 atom stereocenters. The van der Waals surface area contributed by atoms with Gasteiger partial charge in [0.15, 0.2) is 6.61 Å². The van der Waals surface area contributed by atoms with Crippen LogP contribution in [0.15, 0.2) is 64.3 Å². The average Bonchev–Trinajstić information content (AvgIpc) is 2.65. The molecule has 1 unspecified atom stereocenters. The van der Waals surface area contributed by atoms with Gasteiger partial charge in [0.25, 0.3) is 11.8 Å². The molecule has 0 bridgehead atoms. The molecule has 1 aromatic carbocycles. The van der Waals surface area contributed by atoms with Crippen LogP contribution in [0.1, 0.15) is 13.8 Å². The summed E-state index contributed by atoms with van der Waals surface area (Å²) in [5.74, 6) is 0.784. The number of ether oxygens (including phenoxy) is 2. The van der Waals surface area contributed by atoms with Crippen molar-refractivity contribution in [2.45, 2.75) is 13.8 Å². The molecule has 0 radical (unpaired) electrons. The van der Waals surface area contributed by atoms with Gasteiger partial charge in [-0.05, 0) is 50.3 Å². The van der Waals surface area contributed by atoms with Crippen molar-refractivity contribution < 1.29 is 19.1 Å². The van der Waals surface area contributed by atoms with E-state index in [0.29, 0.717) is 17.2 Å². The minimum atomic E-state index is -0.402. The minimum Gasteiger partial charge on any atom is -0.497 e. The second-order valence-corrected chi connectivity index (χ2v) is 6.09. The van der Waals surface area contributed by atoms with Gasteiger partial charge in [-0.15, -0.1) is 0 Å². The van der Waals surface area contributed by atoms with Crippen molar-refractivity contribution in [2.24, 2.45) is 10.9 Å². The maximum absolute atomic E-state index is 12.1. The van der Waals surface area contributed by atoms with Gasteiger partial charge in [-0.3, -0.25) is 9.59 Å². The Balaban J connectivity index is 1.65. The summed E-state index contributed by atoms with van der Waals surface area (Å²) in [5.41, 5.74) is 2.96. The lowest BCUT2D eigenvalue weighted by Crippen LogP contribution is -2.35. The highest BCUT2D eigenvalue weighted by Gasteiger charge is 2.27. The van der Waals surface area contributed by atoms with E-state index in [2.05, 4.69) is 10.3 Å². The SMILES string of the molecule is COc1ccc(OCC(=O)N=C2C=CC3C(=C2)NC(=O)C(C)=C3C)cc1. The molecule has 1 aliphatic carbocycles. The molecule has 26 heavy (non-hydrogen) atoms. The summed E-state index contributed by atoms with van der Waals surface area (Å²) < 4.78 is 10.5. The summed E-state index contributed by atoms with van der Waals surface area (Å²) in [6.45, 7) is 3.58. The van der Waals surface area contributed by atoms with Gasteiger partial charge in [0.1, 0.15) is 11.5 Å². The maximum atomic E-state index is 12.1. The summed E-state index contributed by atoms with van der Waals surface area (Å²) in [5, 5.41) is 2.85. The van der Waals surface area contributed by atoms with Crippen LogP contribution in [0.3, 0.4) is 0 Å². The van der Waals surface area contributed by atoms with Crippen molar-refractivity contribution in [2.75, 3.05) is 13.7 Å². The van der Waals surface area contributed by atoms with E-state index in [1.54, 1.807) is 50.5 Å². The topological polar surface area (TPSA) is 77.0 Å². The molecule has 1 N–H and O–H groups in total. The standard InChI is InChI=1S/C20H20N2O4/c1-12-13(2)20(24)22-18-10-14(4-9-17(12)18)21-19(23)11-26-16-7-5-15(25-3)6-8-16/h4-10,17H,11H2,1-3H3,(H,22,24). The molecule has 6 heteroatoms. The van der Waals surface area contributed by atoms with Gasteiger partial charge < -0.3 is 14.8 Å². The van der Waals surface area contributed by atoms with Crippen molar-refractivity contribution in [3.05, 3.63) is 59.3 Å². The summed E-state index contributed by atoms with van der Waals surface area (Å²) >= 11 is 0.